The summed E-state index contributed by atoms with van der Waals surface area (Å²) in [5.41, 5.74) is 2.01. The van der Waals surface area contributed by atoms with E-state index in [-0.39, 0.29) is 11.9 Å². The van der Waals surface area contributed by atoms with E-state index in [1.54, 1.807) is 18.2 Å². The van der Waals surface area contributed by atoms with E-state index in [4.69, 9.17) is 23.2 Å². The molecule has 2 N–H and O–H groups in total. The van der Waals surface area contributed by atoms with Gasteiger partial charge in [-0.05, 0) is 31.0 Å². The third-order valence-electron chi connectivity index (χ3n) is 3.52. The highest BCUT2D eigenvalue weighted by Crippen LogP contribution is 2.25. The Morgan fingerprint density at radius 1 is 1.21 bits per heavy atom. The van der Waals surface area contributed by atoms with Crippen LogP contribution < -0.4 is 10.6 Å². The summed E-state index contributed by atoms with van der Waals surface area (Å²) in [6, 6.07) is 3.86. The van der Waals surface area contributed by atoms with Crippen LogP contribution in [0.2, 0.25) is 10.0 Å². The summed E-state index contributed by atoms with van der Waals surface area (Å²) in [6.07, 6.45) is 1.33. The quantitative estimate of drug-likeness (QED) is 0.846. The lowest BCUT2D eigenvalue weighted by Crippen LogP contribution is -2.45. The summed E-state index contributed by atoms with van der Waals surface area (Å²) in [5, 5.41) is 14.1. The molecule has 3 rings (SSSR count). The minimum Gasteiger partial charge on any atom is -0.324 e. The van der Waals surface area contributed by atoms with Crippen LogP contribution in [0.25, 0.3) is 0 Å². The molecular weight excluding hydrogens is 373 g/mol. The summed E-state index contributed by atoms with van der Waals surface area (Å²) in [7, 11) is 0. The van der Waals surface area contributed by atoms with Crippen molar-refractivity contribution in [1.82, 2.24) is 15.1 Å². The molecule has 1 atom stereocenters. The van der Waals surface area contributed by atoms with Crippen LogP contribution in [0.5, 0.6) is 0 Å². The van der Waals surface area contributed by atoms with Crippen LogP contribution in [-0.2, 0) is 4.79 Å². The van der Waals surface area contributed by atoms with Gasteiger partial charge >= 0.3 is 6.03 Å². The minimum absolute atomic E-state index is 0.279. The van der Waals surface area contributed by atoms with Gasteiger partial charge in [0.1, 0.15) is 11.6 Å². The van der Waals surface area contributed by atoms with Gasteiger partial charge in [0.15, 0.2) is 0 Å². The summed E-state index contributed by atoms with van der Waals surface area (Å²) in [6.45, 7) is 0.499. The Balaban J connectivity index is 1.67. The van der Waals surface area contributed by atoms with Crippen molar-refractivity contribution in [2.75, 3.05) is 17.2 Å². The number of amides is 3. The maximum atomic E-state index is 12.5. The van der Waals surface area contributed by atoms with Gasteiger partial charge in [0.2, 0.25) is 11.0 Å². The van der Waals surface area contributed by atoms with Crippen molar-refractivity contribution < 1.29 is 9.59 Å². The standard InChI is InChI=1S/C14H13Cl2N5O2S/c15-8-4-9(16)6-10(5-8)18-12(22)11-2-1-3-21(11)14(23)19-13-20-17-7-24-13/h4-7,11H,1-3H2,(H,18,22)(H,19,20,23)/t11-/m0/s1. The minimum atomic E-state index is -0.560. The second-order valence-electron chi connectivity index (χ2n) is 5.17. The number of carbonyl (C=O) groups excluding carboxylic acids is 2. The van der Waals surface area contributed by atoms with Crippen molar-refractivity contribution in [1.29, 1.82) is 0 Å². The van der Waals surface area contributed by atoms with E-state index in [1.165, 1.54) is 21.7 Å². The van der Waals surface area contributed by atoms with E-state index in [9.17, 15) is 9.59 Å². The van der Waals surface area contributed by atoms with Gasteiger partial charge < -0.3 is 10.2 Å². The predicted octanol–water partition coefficient (Wildman–Crippen LogP) is 3.48. The van der Waals surface area contributed by atoms with Crippen molar-refractivity contribution in [3.8, 4) is 0 Å². The van der Waals surface area contributed by atoms with E-state index in [0.29, 0.717) is 33.8 Å². The lowest BCUT2D eigenvalue weighted by atomic mass is 10.2. The fraction of sp³-hybridized carbons (Fsp3) is 0.286. The molecule has 0 aliphatic carbocycles. The molecular formula is C14H13Cl2N5O2S. The molecule has 126 valence electrons. The Bertz CT molecular complexity index is 735. The Morgan fingerprint density at radius 2 is 1.96 bits per heavy atom. The maximum absolute atomic E-state index is 12.5. The van der Waals surface area contributed by atoms with Crippen LogP contribution in [0.4, 0.5) is 15.6 Å². The monoisotopic (exact) mass is 385 g/mol. The number of anilines is 2. The Labute approximate surface area is 152 Å². The number of nitrogens with zero attached hydrogens (tertiary/aromatic N) is 3. The molecule has 2 aromatic rings. The number of nitrogens with one attached hydrogen (secondary N) is 2. The molecule has 1 aromatic heterocycles. The van der Waals surface area contributed by atoms with Crippen molar-refractivity contribution >= 4 is 57.3 Å². The zero-order chi connectivity index (χ0) is 17.1. The topological polar surface area (TPSA) is 87.2 Å². The largest absolute Gasteiger partial charge is 0.324 e. The molecule has 7 nitrogen and oxygen atoms in total. The van der Waals surface area contributed by atoms with Crippen LogP contribution in [0.15, 0.2) is 23.7 Å². The summed E-state index contributed by atoms with van der Waals surface area (Å²) in [4.78, 5) is 26.3. The third kappa shape index (κ3) is 3.95. The molecule has 1 fully saturated rings. The Morgan fingerprint density at radius 3 is 2.62 bits per heavy atom. The summed E-state index contributed by atoms with van der Waals surface area (Å²) < 4.78 is 0. The number of rotatable bonds is 3. The maximum Gasteiger partial charge on any atom is 0.324 e. The van der Waals surface area contributed by atoms with Crippen LogP contribution >= 0.6 is 34.5 Å². The fourth-order valence-corrected chi connectivity index (χ4v) is 3.49. The average molecular weight is 386 g/mol. The second kappa shape index (κ2) is 7.33. The molecule has 0 spiro atoms. The molecule has 10 heteroatoms. The third-order valence-corrected chi connectivity index (χ3v) is 4.56. The van der Waals surface area contributed by atoms with E-state index < -0.39 is 6.04 Å². The Hall–Kier alpha value is -1.90. The number of likely N-dealkylation sites (tertiary alicyclic amines) is 1. The predicted molar refractivity (Wildman–Crippen MR) is 93.7 cm³/mol. The van der Waals surface area contributed by atoms with Crippen LogP contribution in [0.1, 0.15) is 12.8 Å². The van der Waals surface area contributed by atoms with Gasteiger partial charge in [-0.2, -0.15) is 0 Å². The van der Waals surface area contributed by atoms with Gasteiger partial charge in [0, 0.05) is 22.3 Å². The lowest BCUT2D eigenvalue weighted by Gasteiger charge is -2.23. The molecule has 24 heavy (non-hydrogen) atoms. The van der Waals surface area contributed by atoms with Crippen molar-refractivity contribution in [3.05, 3.63) is 33.8 Å². The van der Waals surface area contributed by atoms with Gasteiger partial charge in [0.05, 0.1) is 0 Å². The van der Waals surface area contributed by atoms with Crippen molar-refractivity contribution in [3.63, 3.8) is 0 Å². The summed E-state index contributed by atoms with van der Waals surface area (Å²) >= 11 is 13.1. The van der Waals surface area contributed by atoms with Gasteiger partial charge in [-0.15, -0.1) is 10.2 Å². The number of benzene rings is 1. The van der Waals surface area contributed by atoms with E-state index in [2.05, 4.69) is 20.8 Å². The SMILES string of the molecule is O=C(Nc1cc(Cl)cc(Cl)c1)[C@@H]1CCCN1C(=O)Nc1nncs1. The molecule has 0 radical (unpaired) electrons. The molecule has 1 saturated heterocycles. The molecule has 0 saturated carbocycles. The molecule has 1 aromatic carbocycles. The molecule has 1 aliphatic heterocycles. The second-order valence-corrected chi connectivity index (χ2v) is 6.88. The van der Waals surface area contributed by atoms with Crippen LogP contribution in [0, 0.1) is 0 Å². The number of hydrogen-bond donors (Lipinski definition) is 2. The van der Waals surface area contributed by atoms with Crippen molar-refractivity contribution in [2.45, 2.75) is 18.9 Å². The first-order chi connectivity index (χ1) is 11.5. The first kappa shape index (κ1) is 16.9. The highest BCUT2D eigenvalue weighted by molar-refractivity contribution is 7.13. The number of urea groups is 1. The molecule has 1 aliphatic rings. The van der Waals surface area contributed by atoms with E-state index in [1.807, 2.05) is 0 Å². The number of hydrogen-bond acceptors (Lipinski definition) is 5. The first-order valence-electron chi connectivity index (χ1n) is 7.13. The highest BCUT2D eigenvalue weighted by atomic mass is 35.5. The number of aromatic nitrogens is 2. The normalized spacial score (nSPS) is 16.9. The smallest absolute Gasteiger partial charge is 0.324 e. The zero-order valence-corrected chi connectivity index (χ0v) is 14.7. The Kier molecular flexibility index (Phi) is 5.17. The average Bonchev–Trinajstić information content (AvgIpc) is 3.16. The summed E-state index contributed by atoms with van der Waals surface area (Å²) in [5.74, 6) is -0.279. The molecule has 2 heterocycles. The van der Waals surface area contributed by atoms with Gasteiger partial charge in [0.25, 0.3) is 0 Å². The lowest BCUT2D eigenvalue weighted by molar-refractivity contribution is -0.119. The van der Waals surface area contributed by atoms with Crippen molar-refractivity contribution in [2.24, 2.45) is 0 Å². The molecule has 0 bridgehead atoms. The molecule has 3 amide bonds. The van der Waals surface area contributed by atoms with Gasteiger partial charge in [-0.25, -0.2) is 4.79 Å². The van der Waals surface area contributed by atoms with Crippen LogP contribution in [-0.4, -0.2) is 39.6 Å². The molecule has 0 unspecified atom stereocenters. The van der Waals surface area contributed by atoms with Gasteiger partial charge in [-0.3, -0.25) is 10.1 Å². The zero-order valence-electron chi connectivity index (χ0n) is 12.3. The van der Waals surface area contributed by atoms with Crippen LogP contribution in [0.3, 0.4) is 0 Å². The number of halogens is 2. The highest BCUT2D eigenvalue weighted by Gasteiger charge is 2.34. The number of carbonyl (C=O) groups is 2. The van der Waals surface area contributed by atoms with E-state index in [0.717, 1.165) is 6.42 Å². The van der Waals surface area contributed by atoms with E-state index >= 15 is 0 Å². The first-order valence-corrected chi connectivity index (χ1v) is 8.77. The fourth-order valence-electron chi connectivity index (χ4n) is 2.52. The van der Waals surface area contributed by atoms with Gasteiger partial charge in [-0.1, -0.05) is 34.5 Å².